The highest BCUT2D eigenvalue weighted by atomic mass is 35.5. The average molecular weight is 345 g/mol. The van der Waals surface area contributed by atoms with E-state index in [1.807, 2.05) is 0 Å². The number of hydrogen-bond donors (Lipinski definition) is 2. The van der Waals surface area contributed by atoms with Gasteiger partial charge >= 0.3 is 0 Å². The van der Waals surface area contributed by atoms with Gasteiger partial charge in [-0.25, -0.2) is 13.1 Å². The number of carbonyl (C=O) groups excluding carboxylic acids is 1. The molecule has 0 radical (unpaired) electrons. The Morgan fingerprint density at radius 1 is 1.36 bits per heavy atom. The predicted octanol–water partition coefficient (Wildman–Crippen LogP) is 2.34. The summed E-state index contributed by atoms with van der Waals surface area (Å²) in [5.41, 5.74) is 6.06. The first-order valence-corrected chi connectivity index (χ1v) is 9.24. The number of sulfonamides is 1. The molecule has 0 aromatic heterocycles. The van der Waals surface area contributed by atoms with Crippen molar-refractivity contribution in [2.45, 2.75) is 43.5 Å². The Labute approximate surface area is 136 Å². The first-order chi connectivity index (χ1) is 10.3. The second-order valence-corrected chi connectivity index (χ2v) is 7.80. The van der Waals surface area contributed by atoms with Gasteiger partial charge in [0.25, 0.3) is 0 Å². The molecule has 2 rings (SSSR count). The fraction of sp³-hybridized carbons (Fsp3) is 0.533. The lowest BCUT2D eigenvalue weighted by Crippen LogP contribution is -2.44. The molecule has 0 heterocycles. The topological polar surface area (TPSA) is 89.3 Å². The first kappa shape index (κ1) is 17.4. The minimum atomic E-state index is -3.78. The summed E-state index contributed by atoms with van der Waals surface area (Å²) in [6.45, 7) is 1.84. The van der Waals surface area contributed by atoms with E-state index >= 15 is 0 Å². The first-order valence-electron chi connectivity index (χ1n) is 7.38. The van der Waals surface area contributed by atoms with Crippen LogP contribution in [0.15, 0.2) is 23.1 Å². The van der Waals surface area contributed by atoms with Crippen LogP contribution in [0.1, 0.15) is 43.0 Å². The van der Waals surface area contributed by atoms with Gasteiger partial charge in [-0.1, -0.05) is 24.4 Å². The fourth-order valence-corrected chi connectivity index (χ4v) is 4.70. The van der Waals surface area contributed by atoms with Crippen molar-refractivity contribution in [3.8, 4) is 0 Å². The zero-order valence-electron chi connectivity index (χ0n) is 12.5. The van der Waals surface area contributed by atoms with Crippen LogP contribution < -0.4 is 10.5 Å². The van der Waals surface area contributed by atoms with E-state index in [1.165, 1.54) is 25.1 Å². The van der Waals surface area contributed by atoms with Gasteiger partial charge in [-0.2, -0.15) is 0 Å². The minimum Gasteiger partial charge on any atom is -0.330 e. The van der Waals surface area contributed by atoms with Crippen LogP contribution in [0.5, 0.6) is 0 Å². The third-order valence-electron chi connectivity index (χ3n) is 4.15. The van der Waals surface area contributed by atoms with Gasteiger partial charge in [-0.3, -0.25) is 4.79 Å². The fourth-order valence-electron chi connectivity index (χ4n) is 2.84. The lowest BCUT2D eigenvalue weighted by molar-refractivity contribution is 0.101. The molecule has 122 valence electrons. The number of hydrogen-bond acceptors (Lipinski definition) is 4. The number of nitrogens with two attached hydrogens (primary N) is 1. The van der Waals surface area contributed by atoms with Crippen LogP contribution in [0.25, 0.3) is 0 Å². The van der Waals surface area contributed by atoms with Gasteiger partial charge in [0.05, 0.1) is 5.02 Å². The summed E-state index contributed by atoms with van der Waals surface area (Å²) in [6.07, 6.45) is 3.74. The molecule has 1 aliphatic rings. The molecule has 0 saturated heterocycles. The lowest BCUT2D eigenvalue weighted by Gasteiger charge is -2.31. The van der Waals surface area contributed by atoms with Crippen molar-refractivity contribution >= 4 is 27.4 Å². The van der Waals surface area contributed by atoms with Gasteiger partial charge in [-0.05, 0) is 50.4 Å². The molecule has 1 aliphatic carbocycles. The van der Waals surface area contributed by atoms with Crippen LogP contribution in [-0.4, -0.2) is 26.8 Å². The summed E-state index contributed by atoms with van der Waals surface area (Å²) in [5, 5.41) is 0.109. The number of Topliss-reactive ketones (excluding diaryl/α,β-unsaturated/α-hetero) is 1. The third-order valence-corrected chi connectivity index (χ3v) is 6.12. The van der Waals surface area contributed by atoms with Crippen LogP contribution in [0.2, 0.25) is 5.02 Å². The van der Waals surface area contributed by atoms with E-state index in [0.717, 1.165) is 25.7 Å². The largest absolute Gasteiger partial charge is 0.330 e. The van der Waals surface area contributed by atoms with Gasteiger partial charge in [0.2, 0.25) is 10.0 Å². The standard InChI is InChI=1S/C15H21ClN2O3S/c1-10(19)11-6-7-13(16)15(8-11)22(20,21)18-14-5-3-2-4-12(14)9-17/h6-8,12,14,18H,2-5,9,17H2,1H3/t12-,14-/m1/s1. The van der Waals surface area contributed by atoms with E-state index in [2.05, 4.69) is 4.72 Å². The maximum Gasteiger partial charge on any atom is 0.242 e. The summed E-state index contributed by atoms with van der Waals surface area (Å²) < 4.78 is 27.9. The molecule has 0 bridgehead atoms. The molecular weight excluding hydrogens is 324 g/mol. The Hall–Kier alpha value is -0.950. The predicted molar refractivity (Wildman–Crippen MR) is 86.6 cm³/mol. The van der Waals surface area contributed by atoms with E-state index in [1.54, 1.807) is 0 Å². The maximum absolute atomic E-state index is 12.6. The zero-order valence-corrected chi connectivity index (χ0v) is 14.1. The van der Waals surface area contributed by atoms with Crippen LogP contribution in [0.3, 0.4) is 0 Å². The van der Waals surface area contributed by atoms with Gasteiger partial charge in [0, 0.05) is 11.6 Å². The van der Waals surface area contributed by atoms with E-state index in [0.29, 0.717) is 12.1 Å². The second-order valence-electron chi connectivity index (χ2n) is 5.71. The molecular formula is C15H21ClN2O3S. The van der Waals surface area contributed by atoms with E-state index in [-0.39, 0.29) is 27.7 Å². The smallest absolute Gasteiger partial charge is 0.242 e. The molecule has 5 nitrogen and oxygen atoms in total. The molecule has 22 heavy (non-hydrogen) atoms. The highest BCUT2D eigenvalue weighted by Crippen LogP contribution is 2.27. The molecule has 1 fully saturated rings. The lowest BCUT2D eigenvalue weighted by atomic mass is 9.85. The Kier molecular flexibility index (Phi) is 5.60. The molecule has 1 saturated carbocycles. The molecule has 0 spiro atoms. The average Bonchev–Trinajstić information content (AvgIpc) is 2.47. The van der Waals surface area contributed by atoms with Crippen molar-refractivity contribution in [1.82, 2.24) is 4.72 Å². The normalized spacial score (nSPS) is 22.5. The number of carbonyl (C=O) groups is 1. The van der Waals surface area contributed by atoms with E-state index in [9.17, 15) is 13.2 Å². The summed E-state index contributed by atoms with van der Waals surface area (Å²) in [7, 11) is -3.78. The van der Waals surface area contributed by atoms with Gasteiger partial charge < -0.3 is 5.73 Å². The number of benzene rings is 1. The SMILES string of the molecule is CC(=O)c1ccc(Cl)c(S(=O)(=O)N[C@@H]2CCCC[C@@H]2CN)c1. The van der Waals surface area contributed by atoms with Crippen molar-refractivity contribution < 1.29 is 13.2 Å². The summed E-state index contributed by atoms with van der Waals surface area (Å²) in [5.74, 6) is -0.0658. The third kappa shape index (κ3) is 3.87. The second kappa shape index (κ2) is 7.08. The summed E-state index contributed by atoms with van der Waals surface area (Å²) in [6, 6.07) is 4.11. The Bertz CT molecular complexity index is 661. The molecule has 3 N–H and O–H groups in total. The van der Waals surface area contributed by atoms with Gasteiger partial charge in [-0.15, -0.1) is 0 Å². The van der Waals surface area contributed by atoms with Crippen LogP contribution in [0, 0.1) is 5.92 Å². The van der Waals surface area contributed by atoms with E-state index < -0.39 is 10.0 Å². The minimum absolute atomic E-state index is 0.0526. The summed E-state index contributed by atoms with van der Waals surface area (Å²) in [4.78, 5) is 11.4. The Balaban J connectivity index is 2.30. The Morgan fingerprint density at radius 3 is 2.68 bits per heavy atom. The van der Waals surface area contributed by atoms with Crippen molar-refractivity contribution in [1.29, 1.82) is 0 Å². The monoisotopic (exact) mass is 344 g/mol. The number of halogens is 1. The van der Waals surface area contributed by atoms with Crippen LogP contribution in [-0.2, 0) is 10.0 Å². The van der Waals surface area contributed by atoms with Gasteiger partial charge in [0.1, 0.15) is 4.90 Å². The van der Waals surface area contributed by atoms with Crippen molar-refractivity contribution in [3.63, 3.8) is 0 Å². The molecule has 2 atom stereocenters. The maximum atomic E-state index is 12.6. The highest BCUT2D eigenvalue weighted by molar-refractivity contribution is 7.89. The molecule has 0 amide bonds. The zero-order chi connectivity index (χ0) is 16.3. The molecule has 0 unspecified atom stereocenters. The molecule has 1 aromatic rings. The quantitative estimate of drug-likeness (QED) is 0.802. The number of rotatable bonds is 5. The van der Waals surface area contributed by atoms with E-state index in [4.69, 9.17) is 17.3 Å². The molecule has 1 aromatic carbocycles. The molecule has 7 heteroatoms. The highest BCUT2D eigenvalue weighted by Gasteiger charge is 2.29. The van der Waals surface area contributed by atoms with Crippen LogP contribution in [0.4, 0.5) is 0 Å². The molecule has 0 aliphatic heterocycles. The van der Waals surface area contributed by atoms with Crippen molar-refractivity contribution in [3.05, 3.63) is 28.8 Å². The van der Waals surface area contributed by atoms with Crippen molar-refractivity contribution in [2.24, 2.45) is 11.7 Å². The summed E-state index contributed by atoms with van der Waals surface area (Å²) >= 11 is 6.02. The number of ketones is 1. The Morgan fingerprint density at radius 2 is 2.05 bits per heavy atom. The van der Waals surface area contributed by atoms with Crippen molar-refractivity contribution in [2.75, 3.05) is 6.54 Å². The van der Waals surface area contributed by atoms with Crippen LogP contribution >= 0.6 is 11.6 Å². The number of nitrogens with one attached hydrogen (secondary N) is 1. The van der Waals surface area contributed by atoms with Gasteiger partial charge in [0.15, 0.2) is 5.78 Å².